The van der Waals surface area contributed by atoms with Crippen molar-refractivity contribution in [1.29, 1.82) is 0 Å². The van der Waals surface area contributed by atoms with Crippen LogP contribution >= 0.6 is 0 Å². The molecule has 0 aliphatic heterocycles. The van der Waals surface area contributed by atoms with Crippen molar-refractivity contribution in [2.24, 2.45) is 0 Å². The fraction of sp³-hybridized carbons (Fsp3) is 0.520. The summed E-state index contributed by atoms with van der Waals surface area (Å²) in [6, 6.07) is -3.99. The molecule has 166 valence electrons. The molecule has 0 amide bonds. The second-order valence-corrected chi connectivity index (χ2v) is 5.55. The summed E-state index contributed by atoms with van der Waals surface area (Å²) in [5, 5.41) is 32.3. The van der Waals surface area contributed by atoms with Crippen molar-refractivity contribution in [2.75, 3.05) is 26.2 Å². The third-order valence-electron chi connectivity index (χ3n) is 3.36. The van der Waals surface area contributed by atoms with E-state index < -0.39 is 123 Å². The Morgan fingerprint density at radius 3 is 2.70 bits per heavy atom. The minimum atomic E-state index is -3.79. The standard InChI is InChI=1S/C25H37NO4/c27-20-23-18-22(13-14-24(23)28)25(29)19-26-15-7-1-2-8-16-30-17-9-6-12-21-10-4-3-5-11-21/h3-5,10-11,13-14,18,25-29H,1-2,6-9,12,15-17,19-20H2/i3D,6D2,9D2,10D,11D,12D2,13D,14D,15D2,16D2,18D,19D2,20D2,25D. The van der Waals surface area contributed by atoms with Crippen LogP contribution < -0.4 is 5.32 Å². The van der Waals surface area contributed by atoms with Crippen LogP contribution in [0.4, 0.5) is 0 Å². The molecule has 2 aromatic rings. The van der Waals surface area contributed by atoms with E-state index in [2.05, 4.69) is 0 Å². The van der Waals surface area contributed by atoms with Gasteiger partial charge in [0.15, 0.2) is 0 Å². The second kappa shape index (κ2) is 15.0. The van der Waals surface area contributed by atoms with Crippen molar-refractivity contribution >= 4 is 0 Å². The SMILES string of the molecule is [2H]c1cc([2H])c(C([2H])([2H])C([2H])([2H])C([2H])([2H])COC([2H])([2H])CCCCC([2H])([2H])NC([2H])([2H])C([2H])(O)c2c([2H])c([2H])c(O)c(C([2H])([2H])O)c2[2H])c([2H])c1. The summed E-state index contributed by atoms with van der Waals surface area (Å²) < 4.78 is 173. The molecule has 0 aliphatic rings. The molecule has 1 unspecified atom stereocenters. The number of benzene rings is 2. The lowest BCUT2D eigenvalue weighted by atomic mass is 10.1. The second-order valence-electron chi connectivity index (χ2n) is 5.55. The van der Waals surface area contributed by atoms with Gasteiger partial charge in [-0.3, -0.25) is 0 Å². The Balaban J connectivity index is 2.14. The van der Waals surface area contributed by atoms with Crippen LogP contribution in [0.25, 0.3) is 0 Å². The topological polar surface area (TPSA) is 82.0 Å². The lowest BCUT2D eigenvalue weighted by Crippen LogP contribution is -2.22. The maximum Gasteiger partial charge on any atom is 0.121 e. The highest BCUT2D eigenvalue weighted by molar-refractivity contribution is 5.36. The van der Waals surface area contributed by atoms with Crippen LogP contribution in [0.3, 0.4) is 0 Å². The van der Waals surface area contributed by atoms with E-state index in [9.17, 15) is 15.3 Å². The van der Waals surface area contributed by atoms with Gasteiger partial charge in [0.05, 0.1) is 27.7 Å². The van der Waals surface area contributed by atoms with E-state index in [0.29, 0.717) is 0 Å². The fourth-order valence-corrected chi connectivity index (χ4v) is 1.92. The van der Waals surface area contributed by atoms with Gasteiger partial charge in [-0.15, -0.1) is 0 Å². The monoisotopic (exact) mass is 436 g/mol. The summed E-state index contributed by atoms with van der Waals surface area (Å²) >= 11 is 0. The van der Waals surface area contributed by atoms with E-state index in [-0.39, 0.29) is 18.9 Å². The largest absolute Gasteiger partial charge is 0.508 e. The minimum Gasteiger partial charge on any atom is -0.508 e. The van der Waals surface area contributed by atoms with E-state index >= 15 is 0 Å². The van der Waals surface area contributed by atoms with E-state index in [1.807, 2.05) is 0 Å². The Morgan fingerprint density at radius 1 is 1.10 bits per heavy atom. The Kier molecular flexibility index (Phi) is 4.10. The Labute approximate surface area is 210 Å². The predicted octanol–water partition coefficient (Wildman–Crippen LogP) is 4.11. The van der Waals surface area contributed by atoms with Gasteiger partial charge in [-0.05, 0) is 61.7 Å². The van der Waals surface area contributed by atoms with E-state index in [4.69, 9.17) is 33.5 Å². The van der Waals surface area contributed by atoms with Gasteiger partial charge < -0.3 is 25.4 Å². The number of unbranched alkanes of at least 4 members (excludes halogenated alkanes) is 1. The molecule has 0 radical (unpaired) electrons. The summed E-state index contributed by atoms with van der Waals surface area (Å²) in [5.74, 6) is -1.37. The van der Waals surface area contributed by atoms with Crippen LogP contribution in [0, 0.1) is 0 Å². The highest BCUT2D eigenvalue weighted by Gasteiger charge is 2.09. The summed E-state index contributed by atoms with van der Waals surface area (Å²) in [5.41, 5.74) is -3.54. The molecule has 5 heteroatoms. The Hall–Kier alpha value is -1.92. The van der Waals surface area contributed by atoms with Crippen molar-refractivity contribution in [3.63, 3.8) is 0 Å². The van der Waals surface area contributed by atoms with Crippen LogP contribution in [0.15, 0.2) is 48.4 Å². The number of phenols is 1. The summed E-state index contributed by atoms with van der Waals surface area (Å²) in [6.07, 6.45) is -15.6. The van der Waals surface area contributed by atoms with Crippen molar-refractivity contribution in [1.82, 2.24) is 5.32 Å². The van der Waals surface area contributed by atoms with Gasteiger partial charge in [0.1, 0.15) is 5.75 Å². The molecule has 1 atom stereocenters. The number of ether oxygens (including phenoxy) is 1. The molecule has 2 aromatic carbocycles. The quantitative estimate of drug-likeness (QED) is 0.298. The first-order chi connectivity index (χ1) is 22.6. The van der Waals surface area contributed by atoms with Crippen LogP contribution in [-0.4, -0.2) is 41.5 Å². The molecule has 0 spiro atoms. The van der Waals surface area contributed by atoms with Gasteiger partial charge in [-0.25, -0.2) is 0 Å². The number of hydrogen-bond acceptors (Lipinski definition) is 5. The van der Waals surface area contributed by atoms with E-state index in [0.717, 1.165) is 12.1 Å². The molecule has 0 fully saturated rings. The summed E-state index contributed by atoms with van der Waals surface area (Å²) in [6.45, 7) is -14.0. The molecule has 2 rings (SSSR count). The Morgan fingerprint density at radius 2 is 1.90 bits per heavy atom. The van der Waals surface area contributed by atoms with Gasteiger partial charge >= 0.3 is 0 Å². The zero-order chi connectivity index (χ0) is 40.1. The molecule has 4 N–H and O–H groups in total. The third-order valence-corrected chi connectivity index (χ3v) is 3.36. The van der Waals surface area contributed by atoms with Gasteiger partial charge in [0.25, 0.3) is 0 Å². The van der Waals surface area contributed by atoms with Crippen molar-refractivity contribution in [3.8, 4) is 5.75 Å². The molecule has 5 nitrogen and oxygen atoms in total. The average molecular weight is 437 g/mol. The molecule has 0 bridgehead atoms. The van der Waals surface area contributed by atoms with Crippen molar-refractivity contribution in [3.05, 3.63) is 65.1 Å². The molecular weight excluding hydrogens is 378 g/mol. The maximum atomic E-state index is 10.8. The molecule has 0 saturated heterocycles. The first-order valence-corrected chi connectivity index (χ1v) is 8.88. The molecule has 0 aromatic heterocycles. The maximum absolute atomic E-state index is 10.8. The zero-order valence-corrected chi connectivity index (χ0v) is 15.9. The van der Waals surface area contributed by atoms with Gasteiger partial charge in [-0.1, -0.05) is 49.1 Å². The first kappa shape index (κ1) is 8.21. The molecule has 0 aliphatic carbocycles. The van der Waals surface area contributed by atoms with Crippen molar-refractivity contribution < 1.29 is 48.8 Å². The van der Waals surface area contributed by atoms with Crippen molar-refractivity contribution in [2.45, 2.75) is 57.4 Å². The van der Waals surface area contributed by atoms with Gasteiger partial charge in [0, 0.05) is 38.9 Å². The highest BCUT2D eigenvalue weighted by Crippen LogP contribution is 2.22. The number of rotatable bonds is 16. The smallest absolute Gasteiger partial charge is 0.121 e. The molecule has 30 heavy (non-hydrogen) atoms. The van der Waals surface area contributed by atoms with Crippen LogP contribution in [-0.2, 0) is 17.7 Å². The highest BCUT2D eigenvalue weighted by atomic mass is 16.5. The lowest BCUT2D eigenvalue weighted by molar-refractivity contribution is 0.126. The van der Waals surface area contributed by atoms with E-state index in [1.165, 1.54) is 0 Å². The Bertz CT molecular complexity index is 1570. The fourth-order valence-electron chi connectivity index (χ4n) is 1.92. The predicted molar refractivity (Wildman–Crippen MR) is 121 cm³/mol. The van der Waals surface area contributed by atoms with E-state index in [1.54, 1.807) is 5.32 Å². The molecular formula is C25H37NO4. The van der Waals surface area contributed by atoms with Gasteiger partial charge in [-0.2, -0.15) is 0 Å². The number of aliphatic hydroxyl groups is 2. The number of aromatic hydroxyl groups is 1. The van der Waals surface area contributed by atoms with Gasteiger partial charge in [0.2, 0.25) is 0 Å². The zero-order valence-electron chi connectivity index (χ0n) is 36.9. The normalized spacial score (nSPS) is 26.8. The van der Waals surface area contributed by atoms with Crippen LogP contribution in [0.5, 0.6) is 5.75 Å². The average Bonchev–Trinajstić information content (AvgIpc) is 2.91. The summed E-state index contributed by atoms with van der Waals surface area (Å²) in [4.78, 5) is 0. The summed E-state index contributed by atoms with van der Waals surface area (Å²) in [7, 11) is 0. The number of nitrogens with one attached hydrogen (secondary N) is 1. The molecule has 0 saturated carbocycles. The first-order valence-electron chi connectivity index (χ1n) is 19.4. The lowest BCUT2D eigenvalue weighted by Gasteiger charge is -2.14. The molecule has 0 heterocycles. The number of hydrogen-bond donors (Lipinski definition) is 4. The van der Waals surface area contributed by atoms with Crippen LogP contribution in [0.1, 0.15) is 90.0 Å². The third kappa shape index (κ3) is 9.72. The van der Waals surface area contributed by atoms with Crippen LogP contribution in [0.2, 0.25) is 0 Å². The minimum absolute atomic E-state index is 0.230.